The summed E-state index contributed by atoms with van der Waals surface area (Å²) < 4.78 is 1.21. The molecule has 9 heteroatoms. The summed E-state index contributed by atoms with van der Waals surface area (Å²) >= 11 is 15.8. The third-order valence-electron chi connectivity index (χ3n) is 3.50. The molecule has 2 aromatic carbocycles. The van der Waals surface area contributed by atoms with E-state index in [1.165, 1.54) is 0 Å². The van der Waals surface area contributed by atoms with Crippen LogP contribution >= 0.6 is 68.4 Å². The normalized spacial score (nSPS) is 10.2. The third-order valence-corrected chi connectivity index (χ3v) is 5.73. The Kier molecular flexibility index (Phi) is 8.20. The van der Waals surface area contributed by atoms with E-state index >= 15 is 0 Å². The monoisotopic (exact) mass is 665 g/mol. The molecule has 0 amide bonds. The van der Waals surface area contributed by atoms with Crippen LogP contribution in [-0.2, 0) is 17.1 Å². The van der Waals surface area contributed by atoms with Crippen molar-refractivity contribution in [1.29, 1.82) is 0 Å². The molecular formula is C18H8Cl2CuI2N2O2. The Morgan fingerprint density at radius 2 is 1.11 bits per heavy atom. The topological polar surface area (TPSA) is 71.9 Å². The smallest absolute Gasteiger partial charge is 0.870 e. The minimum absolute atomic E-state index is 0. The second kappa shape index (κ2) is 9.75. The number of aromatic nitrogens is 2. The molecule has 0 bridgehead atoms. The van der Waals surface area contributed by atoms with Gasteiger partial charge in [0.25, 0.3) is 0 Å². The van der Waals surface area contributed by atoms with Gasteiger partial charge >= 0.3 is 17.1 Å². The largest absolute Gasteiger partial charge is 2.00 e. The molecule has 2 heterocycles. The van der Waals surface area contributed by atoms with E-state index < -0.39 is 0 Å². The van der Waals surface area contributed by atoms with Crippen LogP contribution in [0.2, 0.25) is 10.0 Å². The van der Waals surface area contributed by atoms with Gasteiger partial charge in [0.15, 0.2) is 0 Å². The van der Waals surface area contributed by atoms with Crippen molar-refractivity contribution in [3.8, 4) is 11.5 Å². The summed E-state index contributed by atoms with van der Waals surface area (Å²) in [7, 11) is 0. The zero-order chi connectivity index (χ0) is 18.8. The first kappa shape index (κ1) is 22.7. The van der Waals surface area contributed by atoms with Gasteiger partial charge in [-0.2, -0.15) is 0 Å². The van der Waals surface area contributed by atoms with Crippen LogP contribution in [0.3, 0.4) is 0 Å². The Labute approximate surface area is 203 Å². The van der Waals surface area contributed by atoms with Crippen molar-refractivity contribution >= 4 is 90.2 Å². The van der Waals surface area contributed by atoms with Crippen molar-refractivity contribution in [3.63, 3.8) is 0 Å². The van der Waals surface area contributed by atoms with Crippen LogP contribution in [0, 0.1) is 7.14 Å². The Morgan fingerprint density at radius 1 is 0.741 bits per heavy atom. The fourth-order valence-electron chi connectivity index (χ4n) is 2.29. The van der Waals surface area contributed by atoms with Crippen molar-refractivity contribution in [2.24, 2.45) is 0 Å². The third kappa shape index (κ3) is 4.89. The standard InChI is InChI=1S/2C9H5ClINO.Cu/c2*10-6-4-7(11)9(13)8-5(6)2-1-3-12-8;/h2*1-4,13H;/q;;+2/p-2/i2*11-3;. The van der Waals surface area contributed by atoms with Crippen LogP contribution < -0.4 is 10.2 Å². The molecule has 0 aliphatic carbocycles. The summed E-state index contributed by atoms with van der Waals surface area (Å²) in [6, 6.07) is 10.4. The summed E-state index contributed by atoms with van der Waals surface area (Å²) in [5.74, 6) is -0.110. The van der Waals surface area contributed by atoms with E-state index in [1.54, 1.807) is 48.8 Å². The van der Waals surface area contributed by atoms with Crippen LogP contribution in [0.1, 0.15) is 0 Å². The van der Waals surface area contributed by atoms with Gasteiger partial charge in [-0.15, -0.1) is 0 Å². The first-order chi connectivity index (χ1) is 12.4. The van der Waals surface area contributed by atoms with Crippen LogP contribution in [0.15, 0.2) is 48.8 Å². The Bertz CT molecular complexity index is 1040. The zero-order valence-electron chi connectivity index (χ0n) is 13.1. The predicted molar refractivity (Wildman–Crippen MR) is 118 cm³/mol. The number of hydrogen-bond acceptors (Lipinski definition) is 4. The van der Waals surface area contributed by atoms with E-state index in [4.69, 9.17) is 23.2 Å². The molecule has 0 aliphatic rings. The molecule has 0 atom stereocenters. The van der Waals surface area contributed by atoms with Crippen molar-refractivity contribution in [3.05, 3.63) is 66.0 Å². The Balaban J connectivity index is 0.000000187. The summed E-state index contributed by atoms with van der Waals surface area (Å²) in [5, 5.41) is 25.7. The van der Waals surface area contributed by atoms with Crippen molar-refractivity contribution in [2.75, 3.05) is 0 Å². The van der Waals surface area contributed by atoms with Gasteiger partial charge in [0.05, 0.1) is 21.1 Å². The van der Waals surface area contributed by atoms with Crippen molar-refractivity contribution in [2.45, 2.75) is 0 Å². The van der Waals surface area contributed by atoms with Gasteiger partial charge in [-0.25, -0.2) is 0 Å². The minimum atomic E-state index is -0.0550. The second-order valence-corrected chi connectivity index (χ2v) is 8.28. The molecule has 0 spiro atoms. The van der Waals surface area contributed by atoms with E-state index in [0.29, 0.717) is 28.2 Å². The van der Waals surface area contributed by atoms with Crippen LogP contribution in [0.25, 0.3) is 21.8 Å². The van der Waals surface area contributed by atoms with E-state index in [1.807, 2.05) is 45.2 Å². The Hall–Kier alpha value is -0.581. The van der Waals surface area contributed by atoms with Gasteiger partial charge in [0.1, 0.15) is 0 Å². The minimum Gasteiger partial charge on any atom is -0.870 e. The first-order valence-electron chi connectivity index (χ1n) is 7.19. The Morgan fingerprint density at radius 3 is 1.48 bits per heavy atom. The average Bonchev–Trinajstić information content (AvgIpc) is 2.65. The summed E-state index contributed by atoms with van der Waals surface area (Å²) in [6.45, 7) is 0. The number of benzene rings is 2. The maximum Gasteiger partial charge on any atom is 2.00 e. The van der Waals surface area contributed by atoms with Gasteiger partial charge in [-0.3, -0.25) is 9.97 Å². The van der Waals surface area contributed by atoms with Gasteiger partial charge in [0, 0.05) is 30.3 Å². The number of fused-ring (bicyclic) bond motifs is 2. The number of halogens is 4. The average molecular weight is 667 g/mol. The molecule has 0 saturated heterocycles. The molecule has 1 radical (unpaired) electrons. The maximum absolute atomic E-state index is 11.6. The first-order valence-corrected chi connectivity index (χ1v) is 10.1. The summed E-state index contributed by atoms with van der Waals surface area (Å²) in [4.78, 5) is 8.00. The number of hydrogen-bond donors (Lipinski definition) is 0. The van der Waals surface area contributed by atoms with E-state index in [-0.39, 0.29) is 28.6 Å². The molecule has 0 saturated carbocycles. The number of rotatable bonds is 0. The van der Waals surface area contributed by atoms with E-state index in [9.17, 15) is 10.2 Å². The fraction of sp³-hybridized carbons (Fsp3) is 0. The van der Waals surface area contributed by atoms with Gasteiger partial charge in [-0.05, 0) is 81.6 Å². The van der Waals surface area contributed by atoms with Crippen molar-refractivity contribution < 1.29 is 27.3 Å². The molecule has 27 heavy (non-hydrogen) atoms. The van der Waals surface area contributed by atoms with Crippen molar-refractivity contribution in [1.82, 2.24) is 9.97 Å². The van der Waals surface area contributed by atoms with E-state index in [2.05, 4.69) is 9.97 Å². The van der Waals surface area contributed by atoms with Gasteiger partial charge in [0.2, 0.25) is 0 Å². The van der Waals surface area contributed by atoms with Crippen LogP contribution in [0.4, 0.5) is 0 Å². The van der Waals surface area contributed by atoms with Gasteiger partial charge < -0.3 is 10.2 Å². The molecule has 0 aliphatic heterocycles. The number of pyridine rings is 2. The molecular weight excluding hydrogens is 658 g/mol. The zero-order valence-corrected chi connectivity index (χ0v) is 19.9. The second-order valence-electron chi connectivity index (χ2n) is 5.14. The molecule has 0 N–H and O–H groups in total. The maximum atomic E-state index is 11.6. The molecule has 4 rings (SSSR count). The van der Waals surface area contributed by atoms with Crippen LogP contribution in [0.5, 0.6) is 11.5 Å². The molecule has 4 aromatic rings. The SMILES string of the molecule is [Cu+2].[O-]c1c([124I])cc(Cl)c2cccnc12.[O-]c1c([124I])cc(Cl)c2cccnc12. The number of nitrogens with zero attached hydrogens (tertiary/aromatic N) is 2. The molecule has 0 unspecified atom stereocenters. The predicted octanol–water partition coefficient (Wildman–Crippen LogP) is 5.13. The summed E-state index contributed by atoms with van der Waals surface area (Å²) in [6.07, 6.45) is 3.19. The van der Waals surface area contributed by atoms with E-state index in [0.717, 1.165) is 10.8 Å². The molecule has 2 aromatic heterocycles. The molecule has 4 nitrogen and oxygen atoms in total. The molecule has 0 fully saturated rings. The summed E-state index contributed by atoms with van der Waals surface area (Å²) in [5.41, 5.74) is 0.888. The molecule has 141 valence electrons. The van der Waals surface area contributed by atoms with Gasteiger partial charge in [-0.1, -0.05) is 34.7 Å². The quantitative estimate of drug-likeness (QED) is 0.193. The fourth-order valence-corrected chi connectivity index (χ4v) is 4.32. The van der Waals surface area contributed by atoms with Crippen LogP contribution in [-0.4, -0.2) is 9.97 Å².